The van der Waals surface area contributed by atoms with E-state index in [9.17, 15) is 0 Å². The SMILES string of the molecule is CC1(C)c2ccccc2-c2cc(-c3ccccc3)c(N(c3cc4ccc3CCc3ccc(c(N(c5ccccc5)c5ccc(C6CC7CCC6C7)cc5)c3)CC4)c3cccc4ccccc34)cc21. The minimum absolute atomic E-state index is 0.156. The number of hydrogen-bond donors (Lipinski definition) is 0. The Morgan fingerprint density at radius 1 is 0.426 bits per heavy atom. The van der Waals surface area contributed by atoms with E-state index in [1.807, 2.05) is 0 Å². The van der Waals surface area contributed by atoms with Crippen LogP contribution in [0.5, 0.6) is 0 Å². The van der Waals surface area contributed by atoms with E-state index in [4.69, 9.17) is 0 Å². The van der Waals surface area contributed by atoms with Crippen molar-refractivity contribution in [2.75, 3.05) is 9.80 Å². The quantitative estimate of drug-likeness (QED) is 0.150. The maximum Gasteiger partial charge on any atom is 0.0543 e. The van der Waals surface area contributed by atoms with Crippen LogP contribution in [0.2, 0.25) is 0 Å². The fraction of sp³-hybridized carbons (Fsp3) is 0.212. The highest BCUT2D eigenvalue weighted by Crippen LogP contribution is 2.55. The molecule has 0 radical (unpaired) electrons. The van der Waals surface area contributed by atoms with Crippen LogP contribution in [0.1, 0.15) is 84.4 Å². The predicted molar refractivity (Wildman–Crippen MR) is 286 cm³/mol. The molecule has 332 valence electrons. The molecule has 0 amide bonds. The third-order valence-electron chi connectivity index (χ3n) is 16.5. The zero-order valence-electron chi connectivity index (χ0n) is 39.3. The Morgan fingerprint density at radius 2 is 1.07 bits per heavy atom. The molecule has 6 bridgehead atoms. The summed E-state index contributed by atoms with van der Waals surface area (Å²) in [5.41, 5.74) is 22.1. The predicted octanol–water partition coefficient (Wildman–Crippen LogP) is 17.5. The Balaban J connectivity index is 0.948. The summed E-state index contributed by atoms with van der Waals surface area (Å²) in [6, 6.07) is 76.4. The largest absolute Gasteiger partial charge is 0.310 e. The zero-order valence-corrected chi connectivity index (χ0v) is 39.3. The van der Waals surface area contributed by atoms with Gasteiger partial charge in [-0.25, -0.2) is 0 Å². The van der Waals surface area contributed by atoms with Gasteiger partial charge < -0.3 is 9.80 Å². The monoisotopic (exact) mass is 878 g/mol. The first-order chi connectivity index (χ1) is 33.4. The summed E-state index contributed by atoms with van der Waals surface area (Å²) in [7, 11) is 0. The van der Waals surface area contributed by atoms with Gasteiger partial charge in [0.1, 0.15) is 0 Å². The van der Waals surface area contributed by atoms with Crippen molar-refractivity contribution in [1.82, 2.24) is 0 Å². The topological polar surface area (TPSA) is 6.48 Å². The van der Waals surface area contributed by atoms with Gasteiger partial charge in [0.15, 0.2) is 0 Å². The molecular weight excluding hydrogens is 821 g/mol. The van der Waals surface area contributed by atoms with Crippen LogP contribution in [0.4, 0.5) is 34.1 Å². The number of nitrogens with zero attached hydrogens (tertiary/aromatic N) is 2. The van der Waals surface area contributed by atoms with Gasteiger partial charge in [-0.3, -0.25) is 0 Å². The number of fused-ring (bicyclic) bond motifs is 6. The highest BCUT2D eigenvalue weighted by molar-refractivity contribution is 6.03. The Kier molecular flexibility index (Phi) is 10.0. The fourth-order valence-electron chi connectivity index (χ4n) is 13.0. The molecule has 16 rings (SSSR count). The molecule has 7 aliphatic carbocycles. The Morgan fingerprint density at radius 3 is 1.79 bits per heavy atom. The van der Waals surface area contributed by atoms with Gasteiger partial charge >= 0.3 is 0 Å². The average molecular weight is 879 g/mol. The molecule has 68 heavy (non-hydrogen) atoms. The van der Waals surface area contributed by atoms with Crippen molar-refractivity contribution in [2.45, 2.75) is 76.5 Å². The lowest BCUT2D eigenvalue weighted by atomic mass is 9.81. The molecule has 0 aliphatic heterocycles. The summed E-state index contributed by atoms with van der Waals surface area (Å²) >= 11 is 0. The number of rotatable bonds is 8. The van der Waals surface area contributed by atoms with Gasteiger partial charge in [0, 0.05) is 39.1 Å². The summed E-state index contributed by atoms with van der Waals surface area (Å²) in [6.07, 6.45) is 9.32. The standard InChI is InChI=1S/C66H58N2/c1-66(2)60-22-12-11-21-56(60)59-42-58(48-14-5-3-6-15-48)65(43-61(59)66)68(62-23-13-17-47-16-9-10-20-55(47)62)64-41-45-25-30-50-29-24-44(26-31-51(64)32-27-45)40-63(50)67(53-18-7-4-8-19-53)54-36-34-49(35-37-54)57-39-46-28-33-52(57)38-46/h3-24,27,29,32,34-37,40-43,46,52,57H,25-26,28,30-31,33,38-39H2,1-2H3. The highest BCUT2D eigenvalue weighted by atomic mass is 15.2. The van der Waals surface area contributed by atoms with Gasteiger partial charge in [-0.15, -0.1) is 0 Å². The molecule has 3 unspecified atom stereocenters. The lowest BCUT2D eigenvalue weighted by molar-refractivity contribution is 0.420. The van der Waals surface area contributed by atoms with Gasteiger partial charge in [0.2, 0.25) is 0 Å². The van der Waals surface area contributed by atoms with E-state index in [0.29, 0.717) is 0 Å². The van der Waals surface area contributed by atoms with E-state index in [1.54, 1.807) is 0 Å². The van der Waals surface area contributed by atoms with Crippen LogP contribution in [0.25, 0.3) is 33.0 Å². The molecular formula is C66H58N2. The number of benzene rings is 9. The van der Waals surface area contributed by atoms with Crippen molar-refractivity contribution in [2.24, 2.45) is 11.8 Å². The molecule has 9 aromatic rings. The Bertz CT molecular complexity index is 3340. The summed E-state index contributed by atoms with van der Waals surface area (Å²) in [5.74, 6) is 2.53. The minimum Gasteiger partial charge on any atom is -0.310 e. The van der Waals surface area contributed by atoms with Gasteiger partial charge in [0.25, 0.3) is 0 Å². The van der Waals surface area contributed by atoms with Gasteiger partial charge in [0.05, 0.1) is 11.4 Å². The van der Waals surface area contributed by atoms with Gasteiger partial charge in [-0.2, -0.15) is 0 Å². The van der Waals surface area contributed by atoms with Crippen molar-refractivity contribution in [3.63, 3.8) is 0 Å². The van der Waals surface area contributed by atoms with Crippen molar-refractivity contribution in [1.29, 1.82) is 0 Å². The summed E-state index contributed by atoms with van der Waals surface area (Å²) in [6.45, 7) is 4.81. The molecule has 7 aliphatic rings. The lowest BCUT2D eigenvalue weighted by Crippen LogP contribution is -2.18. The summed E-state index contributed by atoms with van der Waals surface area (Å²) in [5, 5.41) is 2.49. The molecule has 2 fully saturated rings. The van der Waals surface area contributed by atoms with Crippen LogP contribution >= 0.6 is 0 Å². The summed E-state index contributed by atoms with van der Waals surface area (Å²) in [4.78, 5) is 5.17. The third-order valence-corrected chi connectivity index (χ3v) is 16.5. The van der Waals surface area contributed by atoms with Gasteiger partial charge in [-0.05, 0) is 178 Å². The molecule has 2 saturated carbocycles. The maximum absolute atomic E-state index is 2.64. The van der Waals surface area contributed by atoms with Crippen LogP contribution < -0.4 is 9.80 Å². The molecule has 0 heterocycles. The first-order valence-electron chi connectivity index (χ1n) is 25.2. The number of aryl methyl sites for hydroxylation is 4. The van der Waals surface area contributed by atoms with Crippen molar-refractivity contribution >= 4 is 44.9 Å². The molecule has 0 saturated heterocycles. The number of anilines is 6. The smallest absolute Gasteiger partial charge is 0.0543 e. The molecule has 0 N–H and O–H groups in total. The first-order valence-corrected chi connectivity index (χ1v) is 25.2. The van der Waals surface area contributed by atoms with Crippen LogP contribution in [0.15, 0.2) is 200 Å². The maximum atomic E-state index is 2.64. The third kappa shape index (κ3) is 6.99. The molecule has 0 aromatic heterocycles. The minimum atomic E-state index is -0.156. The number of para-hydroxylation sites is 1. The second kappa shape index (κ2) is 16.6. The second-order valence-electron chi connectivity index (χ2n) is 20.8. The van der Waals surface area contributed by atoms with Crippen molar-refractivity contribution < 1.29 is 0 Å². The molecule has 9 aromatic carbocycles. The van der Waals surface area contributed by atoms with Gasteiger partial charge in [-0.1, -0.05) is 166 Å². The molecule has 0 spiro atoms. The Hall–Kier alpha value is -7.16. The number of hydrogen-bond acceptors (Lipinski definition) is 2. The van der Waals surface area contributed by atoms with Crippen LogP contribution in [-0.2, 0) is 31.1 Å². The molecule has 3 atom stereocenters. The van der Waals surface area contributed by atoms with E-state index >= 15 is 0 Å². The van der Waals surface area contributed by atoms with Crippen LogP contribution in [-0.4, -0.2) is 0 Å². The van der Waals surface area contributed by atoms with Crippen LogP contribution in [0, 0.1) is 11.8 Å². The molecule has 2 heteroatoms. The van der Waals surface area contributed by atoms with E-state index in [1.165, 1.54) is 132 Å². The van der Waals surface area contributed by atoms with E-state index < -0.39 is 0 Å². The second-order valence-corrected chi connectivity index (χ2v) is 20.8. The highest BCUT2D eigenvalue weighted by Gasteiger charge is 2.40. The summed E-state index contributed by atoms with van der Waals surface area (Å²) < 4.78 is 0. The zero-order chi connectivity index (χ0) is 45.3. The van der Waals surface area contributed by atoms with E-state index in [2.05, 4.69) is 224 Å². The van der Waals surface area contributed by atoms with Crippen molar-refractivity contribution in [3.05, 3.63) is 239 Å². The fourth-order valence-corrected chi connectivity index (χ4v) is 13.0. The Labute approximate surface area is 402 Å². The normalized spacial score (nSPS) is 18.5. The average Bonchev–Trinajstić information content (AvgIpc) is 4.09. The van der Waals surface area contributed by atoms with E-state index in [0.717, 1.165) is 43.4 Å². The molecule has 2 nitrogen and oxygen atoms in total. The van der Waals surface area contributed by atoms with Crippen molar-refractivity contribution in [3.8, 4) is 22.3 Å². The first kappa shape index (κ1) is 41.1. The van der Waals surface area contributed by atoms with Crippen LogP contribution in [0.3, 0.4) is 0 Å². The lowest BCUT2D eigenvalue weighted by Gasteiger charge is -2.33. The van der Waals surface area contributed by atoms with E-state index in [-0.39, 0.29) is 5.41 Å².